The van der Waals surface area contributed by atoms with Crippen LogP contribution in [0.25, 0.3) is 0 Å². The number of likely N-dealkylation sites (N-methyl/N-ethyl adjacent to an activating group) is 1. The van der Waals surface area contributed by atoms with Crippen LogP contribution in [0.3, 0.4) is 0 Å². The zero-order valence-corrected chi connectivity index (χ0v) is 8.12. The summed E-state index contributed by atoms with van der Waals surface area (Å²) in [7, 11) is 0. The molecule has 0 saturated carbocycles. The molecule has 0 amide bonds. The highest BCUT2D eigenvalue weighted by molar-refractivity contribution is 5.15. The van der Waals surface area contributed by atoms with E-state index in [0.29, 0.717) is 0 Å². The van der Waals surface area contributed by atoms with Crippen molar-refractivity contribution in [2.45, 2.75) is 19.9 Å². The van der Waals surface area contributed by atoms with Crippen molar-refractivity contribution in [3.63, 3.8) is 0 Å². The minimum absolute atomic E-state index is 0.124. The lowest BCUT2D eigenvalue weighted by Crippen LogP contribution is -2.22. The van der Waals surface area contributed by atoms with Crippen LogP contribution >= 0.6 is 0 Å². The average Bonchev–Trinajstić information content (AvgIpc) is 2.15. The predicted octanol–water partition coefficient (Wildman–Crippen LogP) is 1.70. The van der Waals surface area contributed by atoms with Gasteiger partial charge < -0.3 is 5.32 Å². The van der Waals surface area contributed by atoms with E-state index in [1.807, 2.05) is 6.92 Å². The summed E-state index contributed by atoms with van der Waals surface area (Å²) < 4.78 is 0. The number of aromatic nitrogens is 2. The molecule has 1 aromatic rings. The smallest absolute Gasteiger partial charge is 0.0797 e. The summed E-state index contributed by atoms with van der Waals surface area (Å²) in [6.07, 6.45) is 5.13. The molecule has 0 saturated heterocycles. The lowest BCUT2D eigenvalue weighted by atomic mass is 10.1. The van der Waals surface area contributed by atoms with Gasteiger partial charge in [-0.1, -0.05) is 19.1 Å². The summed E-state index contributed by atoms with van der Waals surface area (Å²) in [5, 5.41) is 3.30. The molecule has 1 aromatic heterocycles. The second-order valence-corrected chi connectivity index (χ2v) is 2.97. The molecule has 13 heavy (non-hydrogen) atoms. The molecule has 3 nitrogen and oxygen atoms in total. The minimum atomic E-state index is 0.124. The quantitative estimate of drug-likeness (QED) is 0.711. The molecule has 70 valence electrons. The van der Waals surface area contributed by atoms with Gasteiger partial charge in [-0.15, -0.1) is 0 Å². The van der Waals surface area contributed by atoms with Gasteiger partial charge in [-0.05, 0) is 13.5 Å². The molecule has 1 heterocycles. The maximum Gasteiger partial charge on any atom is 0.0797 e. The van der Waals surface area contributed by atoms with Crippen molar-refractivity contribution < 1.29 is 0 Å². The van der Waals surface area contributed by atoms with Gasteiger partial charge in [-0.3, -0.25) is 9.97 Å². The fourth-order valence-electron chi connectivity index (χ4n) is 1.20. The standard InChI is InChI=1S/C10H15N3/c1-4-12-10(8(2)3)9-7-11-5-6-13-9/h5-7,10,12H,2,4H2,1,3H3. The lowest BCUT2D eigenvalue weighted by Gasteiger charge is -2.16. The van der Waals surface area contributed by atoms with E-state index in [1.54, 1.807) is 18.6 Å². The molecule has 0 radical (unpaired) electrons. The van der Waals surface area contributed by atoms with Gasteiger partial charge in [0.05, 0.1) is 17.9 Å². The van der Waals surface area contributed by atoms with Crippen molar-refractivity contribution in [1.29, 1.82) is 0 Å². The Kier molecular flexibility index (Phi) is 3.58. The molecule has 1 rings (SSSR count). The summed E-state index contributed by atoms with van der Waals surface area (Å²) >= 11 is 0. The van der Waals surface area contributed by atoms with Gasteiger partial charge in [0.25, 0.3) is 0 Å². The van der Waals surface area contributed by atoms with Crippen LogP contribution in [0.15, 0.2) is 30.7 Å². The third kappa shape index (κ3) is 2.63. The van der Waals surface area contributed by atoms with Crippen molar-refractivity contribution in [1.82, 2.24) is 15.3 Å². The normalized spacial score (nSPS) is 12.5. The van der Waals surface area contributed by atoms with E-state index in [-0.39, 0.29) is 6.04 Å². The van der Waals surface area contributed by atoms with Crippen LogP contribution in [0.2, 0.25) is 0 Å². The Morgan fingerprint density at radius 3 is 2.85 bits per heavy atom. The number of nitrogens with zero attached hydrogens (tertiary/aromatic N) is 2. The van der Waals surface area contributed by atoms with E-state index in [2.05, 4.69) is 28.8 Å². The van der Waals surface area contributed by atoms with Crippen molar-refractivity contribution in [3.05, 3.63) is 36.4 Å². The van der Waals surface area contributed by atoms with Gasteiger partial charge in [-0.25, -0.2) is 0 Å². The first kappa shape index (κ1) is 9.86. The third-order valence-corrected chi connectivity index (χ3v) is 1.78. The largest absolute Gasteiger partial charge is 0.305 e. The topological polar surface area (TPSA) is 37.8 Å². The van der Waals surface area contributed by atoms with E-state index < -0.39 is 0 Å². The molecule has 3 heteroatoms. The summed E-state index contributed by atoms with van der Waals surface area (Å²) in [6, 6.07) is 0.124. The van der Waals surface area contributed by atoms with Gasteiger partial charge in [0.1, 0.15) is 0 Å². The second-order valence-electron chi connectivity index (χ2n) is 2.97. The Bertz CT molecular complexity index is 269. The van der Waals surface area contributed by atoms with Crippen LogP contribution in [-0.2, 0) is 0 Å². The number of nitrogens with one attached hydrogen (secondary N) is 1. The molecule has 1 atom stereocenters. The summed E-state index contributed by atoms with van der Waals surface area (Å²) in [5.74, 6) is 0. The van der Waals surface area contributed by atoms with Crippen molar-refractivity contribution in [3.8, 4) is 0 Å². The minimum Gasteiger partial charge on any atom is -0.305 e. The maximum absolute atomic E-state index is 4.23. The maximum atomic E-state index is 4.23. The van der Waals surface area contributed by atoms with Gasteiger partial charge in [-0.2, -0.15) is 0 Å². The first-order chi connectivity index (χ1) is 6.25. The SMILES string of the molecule is C=C(C)C(NCC)c1cnccn1. The zero-order valence-electron chi connectivity index (χ0n) is 8.12. The van der Waals surface area contributed by atoms with Crippen LogP contribution in [0, 0.1) is 0 Å². The number of hydrogen-bond acceptors (Lipinski definition) is 3. The van der Waals surface area contributed by atoms with Crippen LogP contribution < -0.4 is 5.32 Å². The zero-order chi connectivity index (χ0) is 9.68. The molecule has 1 N–H and O–H groups in total. The Balaban J connectivity index is 2.82. The van der Waals surface area contributed by atoms with E-state index in [0.717, 1.165) is 17.8 Å². The van der Waals surface area contributed by atoms with Gasteiger partial charge in [0.2, 0.25) is 0 Å². The molecule has 0 aromatic carbocycles. The monoisotopic (exact) mass is 177 g/mol. The molecular formula is C10H15N3. The Morgan fingerprint density at radius 2 is 2.38 bits per heavy atom. The van der Waals surface area contributed by atoms with Crippen molar-refractivity contribution in [2.75, 3.05) is 6.54 Å². The molecule has 0 fully saturated rings. The highest BCUT2D eigenvalue weighted by Gasteiger charge is 2.11. The van der Waals surface area contributed by atoms with Crippen LogP contribution in [-0.4, -0.2) is 16.5 Å². The molecular weight excluding hydrogens is 162 g/mol. The second kappa shape index (κ2) is 4.72. The average molecular weight is 177 g/mol. The highest BCUT2D eigenvalue weighted by atomic mass is 14.9. The van der Waals surface area contributed by atoms with Gasteiger partial charge in [0.15, 0.2) is 0 Å². The lowest BCUT2D eigenvalue weighted by molar-refractivity contribution is 0.604. The van der Waals surface area contributed by atoms with Crippen molar-refractivity contribution >= 4 is 0 Å². The first-order valence-corrected chi connectivity index (χ1v) is 4.40. The summed E-state index contributed by atoms with van der Waals surface area (Å²) in [5.41, 5.74) is 1.99. The molecule has 0 spiro atoms. The highest BCUT2D eigenvalue weighted by Crippen LogP contribution is 2.15. The van der Waals surface area contributed by atoms with Gasteiger partial charge >= 0.3 is 0 Å². The molecule has 0 aliphatic carbocycles. The Labute approximate surface area is 78.9 Å². The molecule has 0 aliphatic heterocycles. The van der Waals surface area contributed by atoms with Gasteiger partial charge in [0, 0.05) is 12.4 Å². The van der Waals surface area contributed by atoms with E-state index >= 15 is 0 Å². The van der Waals surface area contributed by atoms with E-state index in [9.17, 15) is 0 Å². The first-order valence-electron chi connectivity index (χ1n) is 4.40. The fourth-order valence-corrected chi connectivity index (χ4v) is 1.20. The summed E-state index contributed by atoms with van der Waals surface area (Å²) in [4.78, 5) is 8.26. The summed E-state index contributed by atoms with van der Waals surface area (Å²) in [6.45, 7) is 8.87. The number of rotatable bonds is 4. The molecule has 1 unspecified atom stereocenters. The van der Waals surface area contributed by atoms with Crippen LogP contribution in [0.4, 0.5) is 0 Å². The predicted molar refractivity (Wildman–Crippen MR) is 53.3 cm³/mol. The van der Waals surface area contributed by atoms with E-state index in [1.165, 1.54) is 0 Å². The van der Waals surface area contributed by atoms with Crippen LogP contribution in [0.5, 0.6) is 0 Å². The fraction of sp³-hybridized carbons (Fsp3) is 0.400. The third-order valence-electron chi connectivity index (χ3n) is 1.78. The van der Waals surface area contributed by atoms with Crippen LogP contribution in [0.1, 0.15) is 25.6 Å². The Morgan fingerprint density at radius 1 is 1.62 bits per heavy atom. The number of hydrogen-bond donors (Lipinski definition) is 1. The molecule has 0 aliphatic rings. The van der Waals surface area contributed by atoms with Crippen molar-refractivity contribution in [2.24, 2.45) is 0 Å². The Hall–Kier alpha value is -1.22. The molecule has 0 bridgehead atoms. The van der Waals surface area contributed by atoms with E-state index in [4.69, 9.17) is 0 Å².